The Morgan fingerprint density at radius 3 is 2.89 bits per heavy atom. The standard InChI is InChI=1S/C14H17FN2O2/c1-10-4-3-7-17(9-10)14(19)13(18)16-12-6-2-5-11(15)8-12/h2,5-6,8,10H,3-4,7,9H2,1H3,(H,16,18). The van der Waals surface area contributed by atoms with E-state index in [4.69, 9.17) is 0 Å². The zero-order chi connectivity index (χ0) is 13.8. The summed E-state index contributed by atoms with van der Waals surface area (Å²) in [6, 6.07) is 5.50. The molecular weight excluding hydrogens is 247 g/mol. The summed E-state index contributed by atoms with van der Waals surface area (Å²) in [5, 5.41) is 2.42. The average Bonchev–Trinajstić information content (AvgIpc) is 2.38. The van der Waals surface area contributed by atoms with Gasteiger partial charge in [-0.3, -0.25) is 9.59 Å². The molecule has 0 radical (unpaired) electrons. The number of carbonyl (C=O) groups is 2. The molecule has 1 aromatic carbocycles. The van der Waals surface area contributed by atoms with Gasteiger partial charge in [-0.2, -0.15) is 0 Å². The number of piperidine rings is 1. The van der Waals surface area contributed by atoms with Gasteiger partial charge in [0.15, 0.2) is 0 Å². The van der Waals surface area contributed by atoms with Gasteiger partial charge in [-0.05, 0) is 37.0 Å². The van der Waals surface area contributed by atoms with Crippen LogP contribution in [0.25, 0.3) is 0 Å². The number of hydrogen-bond acceptors (Lipinski definition) is 2. The number of anilines is 1. The minimum absolute atomic E-state index is 0.295. The van der Waals surface area contributed by atoms with Crippen LogP contribution in [0, 0.1) is 11.7 Å². The molecule has 4 nitrogen and oxygen atoms in total. The Balaban J connectivity index is 1.97. The monoisotopic (exact) mass is 264 g/mol. The van der Waals surface area contributed by atoms with Gasteiger partial charge in [0.1, 0.15) is 5.82 Å². The van der Waals surface area contributed by atoms with Crippen LogP contribution in [0.3, 0.4) is 0 Å². The van der Waals surface area contributed by atoms with Gasteiger partial charge >= 0.3 is 11.8 Å². The highest BCUT2D eigenvalue weighted by molar-refractivity contribution is 6.39. The van der Waals surface area contributed by atoms with E-state index in [1.165, 1.54) is 18.2 Å². The van der Waals surface area contributed by atoms with Crippen molar-refractivity contribution in [2.75, 3.05) is 18.4 Å². The van der Waals surface area contributed by atoms with Gasteiger partial charge in [-0.1, -0.05) is 13.0 Å². The fraction of sp³-hybridized carbons (Fsp3) is 0.429. The van der Waals surface area contributed by atoms with E-state index in [0.717, 1.165) is 12.8 Å². The van der Waals surface area contributed by atoms with Crippen LogP contribution in [0.2, 0.25) is 0 Å². The third kappa shape index (κ3) is 3.53. The van der Waals surface area contributed by atoms with E-state index in [0.29, 0.717) is 24.7 Å². The third-order valence-corrected chi connectivity index (χ3v) is 3.22. The second kappa shape index (κ2) is 5.82. The van der Waals surface area contributed by atoms with Gasteiger partial charge in [0.25, 0.3) is 0 Å². The normalized spacial score (nSPS) is 19.1. The Bertz CT molecular complexity index is 490. The van der Waals surface area contributed by atoms with E-state index in [2.05, 4.69) is 12.2 Å². The lowest BCUT2D eigenvalue weighted by atomic mass is 10.0. The first-order chi connectivity index (χ1) is 9.06. The SMILES string of the molecule is CC1CCCN(C(=O)C(=O)Nc2cccc(F)c2)C1. The van der Waals surface area contributed by atoms with E-state index in [9.17, 15) is 14.0 Å². The second-order valence-electron chi connectivity index (χ2n) is 4.96. The number of hydrogen-bond donors (Lipinski definition) is 1. The predicted octanol–water partition coefficient (Wildman–Crippen LogP) is 2.02. The van der Waals surface area contributed by atoms with E-state index >= 15 is 0 Å². The molecule has 1 saturated heterocycles. The van der Waals surface area contributed by atoms with Gasteiger partial charge < -0.3 is 10.2 Å². The first-order valence-corrected chi connectivity index (χ1v) is 6.42. The van der Waals surface area contributed by atoms with Crippen LogP contribution < -0.4 is 5.32 Å². The molecule has 1 aromatic rings. The average molecular weight is 264 g/mol. The Morgan fingerprint density at radius 1 is 1.42 bits per heavy atom. The number of rotatable bonds is 1. The van der Waals surface area contributed by atoms with Gasteiger partial charge in [-0.25, -0.2) is 4.39 Å². The van der Waals surface area contributed by atoms with E-state index in [1.807, 2.05) is 0 Å². The lowest BCUT2D eigenvalue weighted by Gasteiger charge is -2.30. The highest BCUT2D eigenvalue weighted by Gasteiger charge is 2.26. The van der Waals surface area contributed by atoms with Crippen LogP contribution >= 0.6 is 0 Å². The minimum Gasteiger partial charge on any atom is -0.334 e. The highest BCUT2D eigenvalue weighted by Crippen LogP contribution is 2.16. The van der Waals surface area contributed by atoms with Gasteiger partial charge in [0.05, 0.1) is 0 Å². The fourth-order valence-corrected chi connectivity index (χ4v) is 2.27. The smallest absolute Gasteiger partial charge is 0.313 e. The van der Waals surface area contributed by atoms with Crippen LogP contribution in [0.5, 0.6) is 0 Å². The number of benzene rings is 1. The summed E-state index contributed by atoms with van der Waals surface area (Å²) in [7, 11) is 0. The Hall–Kier alpha value is -1.91. The Kier molecular flexibility index (Phi) is 4.14. The maximum absolute atomic E-state index is 13.0. The first-order valence-electron chi connectivity index (χ1n) is 6.42. The molecule has 102 valence electrons. The maximum Gasteiger partial charge on any atom is 0.313 e. The van der Waals surface area contributed by atoms with Crippen LogP contribution in [0.1, 0.15) is 19.8 Å². The maximum atomic E-state index is 13.0. The summed E-state index contributed by atoms with van der Waals surface area (Å²) in [4.78, 5) is 25.3. The Labute approximate surface area is 111 Å². The molecule has 2 rings (SSSR count). The van der Waals surface area contributed by atoms with Crippen LogP contribution in [-0.4, -0.2) is 29.8 Å². The quantitative estimate of drug-likeness (QED) is 0.789. The van der Waals surface area contributed by atoms with Gasteiger partial charge in [0, 0.05) is 18.8 Å². The van der Waals surface area contributed by atoms with E-state index < -0.39 is 17.6 Å². The van der Waals surface area contributed by atoms with Crippen LogP contribution in [-0.2, 0) is 9.59 Å². The Morgan fingerprint density at radius 2 is 2.21 bits per heavy atom. The van der Waals surface area contributed by atoms with E-state index in [-0.39, 0.29) is 0 Å². The van der Waals surface area contributed by atoms with Crippen molar-refractivity contribution < 1.29 is 14.0 Å². The molecule has 19 heavy (non-hydrogen) atoms. The number of carbonyl (C=O) groups excluding carboxylic acids is 2. The molecule has 2 amide bonds. The number of amides is 2. The molecule has 1 atom stereocenters. The molecule has 1 aliphatic rings. The molecule has 1 heterocycles. The molecule has 1 N–H and O–H groups in total. The molecular formula is C14H17FN2O2. The molecule has 0 bridgehead atoms. The molecule has 1 aliphatic heterocycles. The number of likely N-dealkylation sites (tertiary alicyclic amines) is 1. The summed E-state index contributed by atoms with van der Waals surface area (Å²) in [6.45, 7) is 3.28. The lowest BCUT2D eigenvalue weighted by Crippen LogP contribution is -2.44. The molecule has 0 saturated carbocycles. The molecule has 0 spiro atoms. The van der Waals surface area contributed by atoms with Crippen molar-refractivity contribution >= 4 is 17.5 Å². The molecule has 5 heteroatoms. The van der Waals surface area contributed by atoms with Crippen molar-refractivity contribution in [2.45, 2.75) is 19.8 Å². The highest BCUT2D eigenvalue weighted by atomic mass is 19.1. The molecule has 0 aromatic heterocycles. The number of nitrogens with zero attached hydrogens (tertiary/aromatic N) is 1. The summed E-state index contributed by atoms with van der Waals surface area (Å²) in [5.41, 5.74) is 0.295. The van der Waals surface area contributed by atoms with Crippen molar-refractivity contribution in [3.63, 3.8) is 0 Å². The van der Waals surface area contributed by atoms with Crippen molar-refractivity contribution in [1.29, 1.82) is 0 Å². The molecule has 1 fully saturated rings. The second-order valence-corrected chi connectivity index (χ2v) is 4.96. The summed E-state index contributed by atoms with van der Waals surface area (Å²) >= 11 is 0. The topological polar surface area (TPSA) is 49.4 Å². The van der Waals surface area contributed by atoms with Crippen molar-refractivity contribution in [2.24, 2.45) is 5.92 Å². The van der Waals surface area contributed by atoms with Gasteiger partial charge in [0.2, 0.25) is 0 Å². The summed E-state index contributed by atoms with van der Waals surface area (Å²) < 4.78 is 13.0. The first kappa shape index (κ1) is 13.5. The zero-order valence-electron chi connectivity index (χ0n) is 10.9. The predicted molar refractivity (Wildman–Crippen MR) is 70.0 cm³/mol. The number of nitrogens with one attached hydrogen (secondary N) is 1. The fourth-order valence-electron chi connectivity index (χ4n) is 2.27. The van der Waals surface area contributed by atoms with Crippen LogP contribution in [0.15, 0.2) is 24.3 Å². The minimum atomic E-state index is -0.709. The van der Waals surface area contributed by atoms with Crippen molar-refractivity contribution in [1.82, 2.24) is 4.90 Å². The largest absolute Gasteiger partial charge is 0.334 e. The van der Waals surface area contributed by atoms with E-state index in [1.54, 1.807) is 11.0 Å². The van der Waals surface area contributed by atoms with Gasteiger partial charge in [-0.15, -0.1) is 0 Å². The van der Waals surface area contributed by atoms with Crippen LogP contribution in [0.4, 0.5) is 10.1 Å². The molecule has 0 aliphatic carbocycles. The zero-order valence-corrected chi connectivity index (χ0v) is 10.9. The van der Waals surface area contributed by atoms with Crippen molar-refractivity contribution in [3.8, 4) is 0 Å². The lowest BCUT2D eigenvalue weighted by molar-refractivity contribution is -0.144. The van der Waals surface area contributed by atoms with Crippen molar-refractivity contribution in [3.05, 3.63) is 30.1 Å². The summed E-state index contributed by atoms with van der Waals surface area (Å²) in [5.74, 6) is -1.29. The molecule has 1 unspecified atom stereocenters. The number of halogens is 1. The third-order valence-electron chi connectivity index (χ3n) is 3.22. The summed E-state index contributed by atoms with van der Waals surface area (Å²) in [6.07, 6.45) is 2.00.